The van der Waals surface area contributed by atoms with Crippen molar-refractivity contribution in [1.82, 2.24) is 0 Å². The molecule has 0 saturated heterocycles. The zero-order chi connectivity index (χ0) is 27.4. The van der Waals surface area contributed by atoms with E-state index in [-0.39, 0.29) is 0 Å². The standard InChI is InChI=1S/C40H29N/c1-3-9-30(10-4-1)33-21-25-39(26-22-33)41(38-13-5-2-6-14-38)40-27-23-34(24-28-40)32-15-17-35(18-16-32)37-20-19-31-11-7-8-12-36(31)29-37/h1-29H. The Morgan fingerprint density at radius 2 is 0.610 bits per heavy atom. The Morgan fingerprint density at radius 1 is 0.244 bits per heavy atom. The normalized spacial score (nSPS) is 10.9. The van der Waals surface area contributed by atoms with Gasteiger partial charge in [-0.25, -0.2) is 0 Å². The van der Waals surface area contributed by atoms with E-state index in [1.54, 1.807) is 0 Å². The highest BCUT2D eigenvalue weighted by Crippen LogP contribution is 2.37. The molecule has 0 aliphatic rings. The molecule has 7 aromatic rings. The van der Waals surface area contributed by atoms with E-state index in [1.165, 1.54) is 44.2 Å². The molecule has 0 aliphatic carbocycles. The maximum Gasteiger partial charge on any atom is 0.0462 e. The maximum absolute atomic E-state index is 2.31. The molecular weight excluding hydrogens is 494 g/mol. The lowest BCUT2D eigenvalue weighted by Gasteiger charge is -2.26. The van der Waals surface area contributed by atoms with Crippen LogP contribution in [0.5, 0.6) is 0 Å². The van der Waals surface area contributed by atoms with Gasteiger partial charge in [-0.1, -0.05) is 133 Å². The summed E-state index contributed by atoms with van der Waals surface area (Å²) in [6.45, 7) is 0. The summed E-state index contributed by atoms with van der Waals surface area (Å²) in [6, 6.07) is 62.8. The molecule has 0 aromatic heterocycles. The average molecular weight is 524 g/mol. The molecular formula is C40H29N. The molecule has 0 spiro atoms. The van der Waals surface area contributed by atoms with Crippen LogP contribution in [-0.2, 0) is 0 Å². The van der Waals surface area contributed by atoms with Gasteiger partial charge in [0.25, 0.3) is 0 Å². The monoisotopic (exact) mass is 523 g/mol. The first kappa shape index (κ1) is 24.6. The van der Waals surface area contributed by atoms with E-state index < -0.39 is 0 Å². The van der Waals surface area contributed by atoms with Crippen LogP contribution in [0.1, 0.15) is 0 Å². The summed E-state index contributed by atoms with van der Waals surface area (Å²) in [5.41, 5.74) is 10.7. The summed E-state index contributed by atoms with van der Waals surface area (Å²) in [5.74, 6) is 0. The van der Waals surface area contributed by atoms with Gasteiger partial charge in [-0.3, -0.25) is 0 Å². The summed E-state index contributed by atoms with van der Waals surface area (Å²) >= 11 is 0. The minimum Gasteiger partial charge on any atom is -0.311 e. The van der Waals surface area contributed by atoms with Crippen molar-refractivity contribution in [2.75, 3.05) is 4.90 Å². The molecule has 0 fully saturated rings. The second kappa shape index (κ2) is 11.0. The van der Waals surface area contributed by atoms with E-state index in [9.17, 15) is 0 Å². The van der Waals surface area contributed by atoms with Crippen LogP contribution >= 0.6 is 0 Å². The number of nitrogens with zero attached hydrogens (tertiary/aromatic N) is 1. The molecule has 0 unspecified atom stereocenters. The van der Waals surface area contributed by atoms with Crippen molar-refractivity contribution in [3.8, 4) is 33.4 Å². The van der Waals surface area contributed by atoms with Crippen LogP contribution in [0.25, 0.3) is 44.2 Å². The first-order valence-electron chi connectivity index (χ1n) is 14.0. The zero-order valence-corrected chi connectivity index (χ0v) is 22.7. The highest BCUT2D eigenvalue weighted by atomic mass is 15.1. The smallest absolute Gasteiger partial charge is 0.0462 e. The minimum absolute atomic E-state index is 1.13. The molecule has 0 N–H and O–H groups in total. The van der Waals surface area contributed by atoms with Crippen LogP contribution in [0, 0.1) is 0 Å². The Morgan fingerprint density at radius 3 is 1.17 bits per heavy atom. The van der Waals surface area contributed by atoms with E-state index in [0.29, 0.717) is 0 Å². The second-order valence-corrected chi connectivity index (χ2v) is 10.3. The summed E-state index contributed by atoms with van der Waals surface area (Å²) in [7, 11) is 0. The van der Waals surface area contributed by atoms with E-state index in [1.807, 2.05) is 0 Å². The van der Waals surface area contributed by atoms with Gasteiger partial charge in [0, 0.05) is 17.1 Å². The molecule has 41 heavy (non-hydrogen) atoms. The Kier molecular flexibility index (Phi) is 6.61. The fourth-order valence-corrected chi connectivity index (χ4v) is 5.48. The molecule has 0 heterocycles. The van der Waals surface area contributed by atoms with Crippen LogP contribution in [0.4, 0.5) is 17.1 Å². The minimum atomic E-state index is 1.13. The average Bonchev–Trinajstić information content (AvgIpc) is 3.06. The van der Waals surface area contributed by atoms with Gasteiger partial charge >= 0.3 is 0 Å². The highest BCUT2D eigenvalue weighted by molar-refractivity contribution is 5.87. The zero-order valence-electron chi connectivity index (χ0n) is 22.7. The lowest BCUT2D eigenvalue weighted by atomic mass is 9.98. The highest BCUT2D eigenvalue weighted by Gasteiger charge is 2.13. The Balaban J connectivity index is 1.17. The first-order chi connectivity index (χ1) is 20.3. The first-order valence-corrected chi connectivity index (χ1v) is 14.0. The van der Waals surface area contributed by atoms with Crippen molar-refractivity contribution >= 4 is 27.8 Å². The SMILES string of the molecule is c1ccc(-c2ccc(N(c3ccccc3)c3ccc(-c4ccc(-c5ccc6ccccc6c5)cc4)cc3)cc2)cc1. The van der Waals surface area contributed by atoms with Crippen molar-refractivity contribution in [2.24, 2.45) is 0 Å². The number of hydrogen-bond acceptors (Lipinski definition) is 1. The second-order valence-electron chi connectivity index (χ2n) is 10.3. The third kappa shape index (κ3) is 5.14. The molecule has 0 saturated carbocycles. The third-order valence-corrected chi connectivity index (χ3v) is 7.67. The molecule has 1 heteroatoms. The van der Waals surface area contributed by atoms with E-state index in [4.69, 9.17) is 0 Å². The predicted octanol–water partition coefficient (Wildman–Crippen LogP) is 11.3. The van der Waals surface area contributed by atoms with Gasteiger partial charge in [-0.05, 0) is 86.6 Å². The Labute approximate surface area is 241 Å². The predicted molar refractivity (Wildman–Crippen MR) is 175 cm³/mol. The molecule has 194 valence electrons. The van der Waals surface area contributed by atoms with Crippen molar-refractivity contribution < 1.29 is 0 Å². The summed E-state index contributed by atoms with van der Waals surface area (Å²) < 4.78 is 0. The van der Waals surface area contributed by atoms with Gasteiger partial charge in [-0.2, -0.15) is 0 Å². The van der Waals surface area contributed by atoms with Crippen molar-refractivity contribution in [3.63, 3.8) is 0 Å². The number of anilines is 3. The van der Waals surface area contributed by atoms with Crippen LogP contribution < -0.4 is 4.90 Å². The van der Waals surface area contributed by atoms with Gasteiger partial charge in [0.1, 0.15) is 0 Å². The van der Waals surface area contributed by atoms with Gasteiger partial charge in [-0.15, -0.1) is 0 Å². The van der Waals surface area contributed by atoms with E-state index in [0.717, 1.165) is 17.1 Å². The van der Waals surface area contributed by atoms with E-state index in [2.05, 4.69) is 181 Å². The third-order valence-electron chi connectivity index (χ3n) is 7.67. The molecule has 7 rings (SSSR count). The molecule has 7 aromatic carbocycles. The van der Waals surface area contributed by atoms with Crippen molar-refractivity contribution in [1.29, 1.82) is 0 Å². The van der Waals surface area contributed by atoms with Crippen LogP contribution in [0.2, 0.25) is 0 Å². The van der Waals surface area contributed by atoms with Gasteiger partial charge in [0.2, 0.25) is 0 Å². The Hall–Kier alpha value is -5.40. The van der Waals surface area contributed by atoms with Gasteiger partial charge < -0.3 is 4.90 Å². The van der Waals surface area contributed by atoms with Gasteiger partial charge in [0.05, 0.1) is 0 Å². The quantitative estimate of drug-likeness (QED) is 0.209. The lowest BCUT2D eigenvalue weighted by molar-refractivity contribution is 1.28. The summed E-state index contributed by atoms with van der Waals surface area (Å²) in [6.07, 6.45) is 0. The fraction of sp³-hybridized carbons (Fsp3) is 0. The number of rotatable bonds is 6. The Bertz CT molecular complexity index is 1890. The van der Waals surface area contributed by atoms with Gasteiger partial charge in [0.15, 0.2) is 0 Å². The van der Waals surface area contributed by atoms with E-state index >= 15 is 0 Å². The van der Waals surface area contributed by atoms with Crippen LogP contribution in [-0.4, -0.2) is 0 Å². The number of benzene rings is 7. The molecule has 0 atom stereocenters. The summed E-state index contributed by atoms with van der Waals surface area (Å²) in [4.78, 5) is 2.31. The molecule has 0 amide bonds. The number of hydrogen-bond donors (Lipinski definition) is 0. The molecule has 0 aliphatic heterocycles. The molecule has 0 bridgehead atoms. The lowest BCUT2D eigenvalue weighted by Crippen LogP contribution is -2.09. The molecule has 0 radical (unpaired) electrons. The largest absolute Gasteiger partial charge is 0.311 e. The number of para-hydroxylation sites is 1. The van der Waals surface area contributed by atoms with Crippen LogP contribution in [0.3, 0.4) is 0 Å². The number of fused-ring (bicyclic) bond motifs is 1. The topological polar surface area (TPSA) is 3.24 Å². The maximum atomic E-state index is 2.31. The van der Waals surface area contributed by atoms with Crippen molar-refractivity contribution in [3.05, 3.63) is 176 Å². The summed E-state index contributed by atoms with van der Waals surface area (Å²) in [5, 5.41) is 2.53. The molecule has 1 nitrogen and oxygen atoms in total. The van der Waals surface area contributed by atoms with Crippen molar-refractivity contribution in [2.45, 2.75) is 0 Å². The van der Waals surface area contributed by atoms with Crippen LogP contribution in [0.15, 0.2) is 176 Å². The fourth-order valence-electron chi connectivity index (χ4n) is 5.48.